The average Bonchev–Trinajstić information content (AvgIpc) is 2.46. The lowest BCUT2D eigenvalue weighted by atomic mass is 9.96. The molecule has 0 aliphatic carbocycles. The standard InChI is InChI=1S/C14H19N3O2/c15-12(10-5-2-1-3-6-10)14(19)17-8-4-7-11(9-17)13(16)18/h1-3,5-6,11-12H,4,7-9,15H2,(H2,16,18)/t11?,12-/m1/s1. The van der Waals surface area contributed by atoms with Crippen molar-refractivity contribution in [2.45, 2.75) is 18.9 Å². The molecule has 0 aromatic heterocycles. The molecule has 0 bridgehead atoms. The lowest BCUT2D eigenvalue weighted by molar-refractivity contribution is -0.136. The van der Waals surface area contributed by atoms with Crippen LogP contribution in [-0.2, 0) is 9.59 Å². The zero-order valence-corrected chi connectivity index (χ0v) is 10.8. The molecule has 0 saturated carbocycles. The maximum Gasteiger partial charge on any atom is 0.244 e. The predicted octanol–water partition coefficient (Wildman–Crippen LogP) is 0.410. The first-order valence-corrected chi connectivity index (χ1v) is 6.48. The van der Waals surface area contributed by atoms with Gasteiger partial charge in [0.15, 0.2) is 0 Å². The van der Waals surface area contributed by atoms with Crippen molar-refractivity contribution in [1.82, 2.24) is 4.90 Å². The molecule has 1 heterocycles. The zero-order chi connectivity index (χ0) is 13.8. The van der Waals surface area contributed by atoms with Crippen molar-refractivity contribution in [3.05, 3.63) is 35.9 Å². The topological polar surface area (TPSA) is 89.4 Å². The van der Waals surface area contributed by atoms with Gasteiger partial charge in [-0.3, -0.25) is 9.59 Å². The molecule has 2 amide bonds. The molecule has 1 aromatic rings. The first-order valence-electron chi connectivity index (χ1n) is 6.48. The predicted molar refractivity (Wildman–Crippen MR) is 71.9 cm³/mol. The molecule has 0 radical (unpaired) electrons. The Balaban J connectivity index is 2.05. The fraction of sp³-hybridized carbons (Fsp3) is 0.429. The Morgan fingerprint density at radius 1 is 1.26 bits per heavy atom. The number of amides is 2. The molecular weight excluding hydrogens is 242 g/mol. The molecule has 2 atom stereocenters. The van der Waals surface area contributed by atoms with Gasteiger partial charge in [-0.15, -0.1) is 0 Å². The van der Waals surface area contributed by atoms with E-state index in [1.54, 1.807) is 4.90 Å². The number of benzene rings is 1. The summed E-state index contributed by atoms with van der Waals surface area (Å²) in [4.78, 5) is 25.2. The zero-order valence-electron chi connectivity index (χ0n) is 10.8. The highest BCUT2D eigenvalue weighted by atomic mass is 16.2. The first kappa shape index (κ1) is 13.5. The van der Waals surface area contributed by atoms with E-state index in [0.717, 1.165) is 18.4 Å². The minimum Gasteiger partial charge on any atom is -0.369 e. The third-order valence-corrected chi connectivity index (χ3v) is 3.56. The quantitative estimate of drug-likeness (QED) is 0.825. The van der Waals surface area contributed by atoms with Crippen LogP contribution in [0.5, 0.6) is 0 Å². The number of likely N-dealkylation sites (tertiary alicyclic amines) is 1. The Kier molecular flexibility index (Phi) is 4.16. The van der Waals surface area contributed by atoms with Gasteiger partial charge in [-0.25, -0.2) is 0 Å². The number of nitrogens with two attached hydrogens (primary N) is 2. The summed E-state index contributed by atoms with van der Waals surface area (Å²) in [6.45, 7) is 1.03. The number of carbonyl (C=O) groups excluding carboxylic acids is 2. The van der Waals surface area contributed by atoms with Crippen LogP contribution in [0.3, 0.4) is 0 Å². The smallest absolute Gasteiger partial charge is 0.244 e. The SMILES string of the molecule is NC(=O)C1CCCN(C(=O)[C@H](N)c2ccccc2)C1. The molecule has 2 rings (SSSR count). The van der Waals surface area contributed by atoms with Gasteiger partial charge in [-0.05, 0) is 18.4 Å². The van der Waals surface area contributed by atoms with Gasteiger partial charge in [0.1, 0.15) is 6.04 Å². The van der Waals surface area contributed by atoms with Crippen LogP contribution in [-0.4, -0.2) is 29.8 Å². The van der Waals surface area contributed by atoms with Gasteiger partial charge < -0.3 is 16.4 Å². The second kappa shape index (κ2) is 5.84. The minimum absolute atomic E-state index is 0.142. The fourth-order valence-corrected chi connectivity index (χ4v) is 2.41. The lowest BCUT2D eigenvalue weighted by Crippen LogP contribution is -2.47. The summed E-state index contributed by atoms with van der Waals surface area (Å²) in [5.41, 5.74) is 12.1. The Hall–Kier alpha value is -1.88. The maximum absolute atomic E-state index is 12.3. The molecule has 1 unspecified atom stereocenters. The van der Waals surface area contributed by atoms with Gasteiger partial charge in [0.05, 0.1) is 5.92 Å². The van der Waals surface area contributed by atoms with E-state index in [4.69, 9.17) is 11.5 Å². The van der Waals surface area contributed by atoms with Crippen LogP contribution in [0.4, 0.5) is 0 Å². The molecule has 19 heavy (non-hydrogen) atoms. The summed E-state index contributed by atoms with van der Waals surface area (Å²) < 4.78 is 0. The minimum atomic E-state index is -0.673. The molecule has 1 aliphatic heterocycles. The highest BCUT2D eigenvalue weighted by Gasteiger charge is 2.29. The molecular formula is C14H19N3O2. The number of hydrogen-bond donors (Lipinski definition) is 2. The van der Waals surface area contributed by atoms with E-state index >= 15 is 0 Å². The van der Waals surface area contributed by atoms with E-state index < -0.39 is 6.04 Å². The maximum atomic E-state index is 12.3. The number of rotatable bonds is 3. The van der Waals surface area contributed by atoms with E-state index in [-0.39, 0.29) is 17.7 Å². The molecule has 4 N–H and O–H groups in total. The summed E-state index contributed by atoms with van der Waals surface area (Å²) in [7, 11) is 0. The third kappa shape index (κ3) is 3.12. The molecule has 1 aromatic carbocycles. The van der Waals surface area contributed by atoms with Crippen LogP contribution in [0.1, 0.15) is 24.4 Å². The van der Waals surface area contributed by atoms with Crippen molar-refractivity contribution in [1.29, 1.82) is 0 Å². The largest absolute Gasteiger partial charge is 0.369 e. The van der Waals surface area contributed by atoms with Crippen LogP contribution >= 0.6 is 0 Å². The van der Waals surface area contributed by atoms with Gasteiger partial charge in [0, 0.05) is 13.1 Å². The van der Waals surface area contributed by atoms with E-state index in [0.29, 0.717) is 13.1 Å². The van der Waals surface area contributed by atoms with Crippen molar-refractivity contribution in [2.24, 2.45) is 17.4 Å². The highest BCUT2D eigenvalue weighted by molar-refractivity contribution is 5.84. The Labute approximate surface area is 112 Å². The monoisotopic (exact) mass is 261 g/mol. The summed E-state index contributed by atoms with van der Waals surface area (Å²) >= 11 is 0. The second-order valence-electron chi connectivity index (χ2n) is 4.91. The van der Waals surface area contributed by atoms with Crippen LogP contribution in [0, 0.1) is 5.92 Å². The van der Waals surface area contributed by atoms with Crippen LogP contribution < -0.4 is 11.5 Å². The summed E-state index contributed by atoms with van der Waals surface area (Å²) in [5, 5.41) is 0. The normalized spacial score (nSPS) is 20.9. The first-order chi connectivity index (χ1) is 9.09. The van der Waals surface area contributed by atoms with Crippen molar-refractivity contribution < 1.29 is 9.59 Å². The Morgan fingerprint density at radius 3 is 2.58 bits per heavy atom. The van der Waals surface area contributed by atoms with Gasteiger partial charge in [0.25, 0.3) is 0 Å². The number of piperidine rings is 1. The van der Waals surface area contributed by atoms with Crippen LogP contribution in [0.2, 0.25) is 0 Å². The molecule has 102 valence electrons. The van der Waals surface area contributed by atoms with E-state index in [1.807, 2.05) is 30.3 Å². The average molecular weight is 261 g/mol. The Morgan fingerprint density at radius 2 is 1.95 bits per heavy atom. The molecule has 5 nitrogen and oxygen atoms in total. The number of primary amides is 1. The summed E-state index contributed by atoms with van der Waals surface area (Å²) in [5.74, 6) is -0.733. The fourth-order valence-electron chi connectivity index (χ4n) is 2.41. The number of nitrogens with zero attached hydrogens (tertiary/aromatic N) is 1. The molecule has 1 aliphatic rings. The van der Waals surface area contributed by atoms with Crippen molar-refractivity contribution in [3.8, 4) is 0 Å². The molecule has 5 heteroatoms. The third-order valence-electron chi connectivity index (χ3n) is 3.56. The highest BCUT2D eigenvalue weighted by Crippen LogP contribution is 2.20. The van der Waals surface area contributed by atoms with E-state index in [9.17, 15) is 9.59 Å². The number of hydrogen-bond acceptors (Lipinski definition) is 3. The van der Waals surface area contributed by atoms with Crippen molar-refractivity contribution >= 4 is 11.8 Å². The van der Waals surface area contributed by atoms with Crippen molar-refractivity contribution in [3.63, 3.8) is 0 Å². The van der Waals surface area contributed by atoms with Crippen LogP contribution in [0.15, 0.2) is 30.3 Å². The number of carbonyl (C=O) groups is 2. The lowest BCUT2D eigenvalue weighted by Gasteiger charge is -2.33. The van der Waals surface area contributed by atoms with Gasteiger partial charge in [-0.2, -0.15) is 0 Å². The Bertz CT molecular complexity index is 461. The van der Waals surface area contributed by atoms with Gasteiger partial charge >= 0.3 is 0 Å². The molecule has 0 spiro atoms. The van der Waals surface area contributed by atoms with Crippen LogP contribution in [0.25, 0.3) is 0 Å². The van der Waals surface area contributed by atoms with E-state index in [2.05, 4.69) is 0 Å². The second-order valence-corrected chi connectivity index (χ2v) is 4.91. The van der Waals surface area contributed by atoms with Gasteiger partial charge in [-0.1, -0.05) is 30.3 Å². The molecule has 1 fully saturated rings. The van der Waals surface area contributed by atoms with Crippen molar-refractivity contribution in [2.75, 3.05) is 13.1 Å². The summed E-state index contributed by atoms with van der Waals surface area (Å²) in [6, 6.07) is 8.57. The molecule has 1 saturated heterocycles. The summed E-state index contributed by atoms with van der Waals surface area (Å²) in [6.07, 6.45) is 1.54. The van der Waals surface area contributed by atoms with E-state index in [1.165, 1.54) is 0 Å². The van der Waals surface area contributed by atoms with Gasteiger partial charge in [0.2, 0.25) is 11.8 Å².